The third-order valence-corrected chi connectivity index (χ3v) is 5.81. The first-order valence-electron chi connectivity index (χ1n) is 9.27. The Labute approximate surface area is 178 Å². The van der Waals surface area contributed by atoms with Crippen LogP contribution in [0.3, 0.4) is 0 Å². The SMILES string of the molecule is COc1cccc(-c2nc(C3CCN(C(=O)c4ccc(Cl)c(Cl)c4)CC3)no2)c1. The number of rotatable bonds is 4. The van der Waals surface area contributed by atoms with Crippen molar-refractivity contribution >= 4 is 29.1 Å². The van der Waals surface area contributed by atoms with E-state index in [4.69, 9.17) is 32.5 Å². The van der Waals surface area contributed by atoms with E-state index in [-0.39, 0.29) is 11.8 Å². The van der Waals surface area contributed by atoms with Crippen LogP contribution in [0.2, 0.25) is 10.0 Å². The van der Waals surface area contributed by atoms with Gasteiger partial charge in [-0.2, -0.15) is 4.98 Å². The first kappa shape index (κ1) is 19.7. The molecule has 6 nitrogen and oxygen atoms in total. The molecule has 3 aromatic rings. The van der Waals surface area contributed by atoms with Crippen molar-refractivity contribution in [3.05, 3.63) is 63.9 Å². The predicted octanol–water partition coefficient (Wildman–Crippen LogP) is 5.07. The minimum atomic E-state index is -0.0489. The number of methoxy groups -OCH3 is 1. The van der Waals surface area contributed by atoms with Crippen molar-refractivity contribution in [1.29, 1.82) is 0 Å². The number of benzene rings is 2. The average molecular weight is 432 g/mol. The summed E-state index contributed by atoms with van der Waals surface area (Å²) in [4.78, 5) is 19.1. The van der Waals surface area contributed by atoms with Crippen molar-refractivity contribution in [3.8, 4) is 17.2 Å². The van der Waals surface area contributed by atoms with Crippen LogP contribution >= 0.6 is 23.2 Å². The number of aromatic nitrogens is 2. The molecule has 0 radical (unpaired) electrons. The molecule has 0 saturated carbocycles. The third kappa shape index (κ3) is 4.23. The van der Waals surface area contributed by atoms with Crippen molar-refractivity contribution in [2.45, 2.75) is 18.8 Å². The van der Waals surface area contributed by atoms with Crippen molar-refractivity contribution in [2.75, 3.05) is 20.2 Å². The van der Waals surface area contributed by atoms with Crippen molar-refractivity contribution < 1.29 is 14.1 Å². The molecule has 1 saturated heterocycles. The van der Waals surface area contributed by atoms with Crippen molar-refractivity contribution in [3.63, 3.8) is 0 Å². The Bertz CT molecular complexity index is 1030. The normalized spacial score (nSPS) is 14.8. The van der Waals surface area contributed by atoms with Crippen LogP contribution in [0.15, 0.2) is 47.0 Å². The maximum atomic E-state index is 12.7. The molecular weight excluding hydrogens is 413 g/mol. The fourth-order valence-electron chi connectivity index (χ4n) is 3.43. The number of piperidine rings is 1. The summed E-state index contributed by atoms with van der Waals surface area (Å²) in [5.41, 5.74) is 1.35. The highest BCUT2D eigenvalue weighted by molar-refractivity contribution is 6.42. The summed E-state index contributed by atoms with van der Waals surface area (Å²) in [6.07, 6.45) is 1.54. The molecule has 1 amide bonds. The Kier molecular flexibility index (Phi) is 5.74. The van der Waals surface area contributed by atoms with Crippen LogP contribution in [0, 0.1) is 0 Å². The maximum absolute atomic E-state index is 12.7. The lowest BCUT2D eigenvalue weighted by Gasteiger charge is -2.30. The standard InChI is InChI=1S/C21H19Cl2N3O3/c1-28-16-4-2-3-14(11-16)20-24-19(25-29-20)13-7-9-26(10-8-13)21(27)15-5-6-17(22)18(23)12-15/h2-6,11-13H,7-10H2,1H3. The van der Waals surface area contributed by atoms with Gasteiger partial charge in [0.1, 0.15) is 5.75 Å². The Morgan fingerprint density at radius 1 is 1.14 bits per heavy atom. The Morgan fingerprint density at radius 2 is 1.93 bits per heavy atom. The zero-order chi connectivity index (χ0) is 20.4. The number of nitrogens with zero attached hydrogens (tertiary/aromatic N) is 3. The number of halogens is 2. The van der Waals surface area contributed by atoms with Gasteiger partial charge in [-0.15, -0.1) is 0 Å². The maximum Gasteiger partial charge on any atom is 0.258 e. The molecule has 4 rings (SSSR count). The fourth-order valence-corrected chi connectivity index (χ4v) is 3.72. The molecule has 1 aliphatic heterocycles. The quantitative estimate of drug-likeness (QED) is 0.576. The van der Waals surface area contributed by atoms with E-state index in [1.54, 1.807) is 25.3 Å². The van der Waals surface area contributed by atoms with Gasteiger partial charge in [-0.1, -0.05) is 34.4 Å². The summed E-state index contributed by atoms with van der Waals surface area (Å²) in [7, 11) is 1.62. The molecule has 8 heteroatoms. The van der Waals surface area contributed by atoms with Gasteiger partial charge in [-0.05, 0) is 49.2 Å². The van der Waals surface area contributed by atoms with Gasteiger partial charge in [0.15, 0.2) is 5.82 Å². The molecule has 1 fully saturated rings. The second kappa shape index (κ2) is 8.43. The van der Waals surface area contributed by atoms with E-state index >= 15 is 0 Å². The number of carbonyl (C=O) groups is 1. The van der Waals surface area contributed by atoms with Gasteiger partial charge in [-0.3, -0.25) is 4.79 Å². The number of ether oxygens (including phenoxy) is 1. The largest absolute Gasteiger partial charge is 0.497 e. The highest BCUT2D eigenvalue weighted by Gasteiger charge is 2.28. The van der Waals surface area contributed by atoms with E-state index in [0.29, 0.717) is 40.4 Å². The van der Waals surface area contributed by atoms with Gasteiger partial charge in [-0.25, -0.2) is 0 Å². The second-order valence-electron chi connectivity index (χ2n) is 6.89. The van der Waals surface area contributed by atoms with E-state index < -0.39 is 0 Å². The minimum Gasteiger partial charge on any atom is -0.497 e. The number of hydrogen-bond donors (Lipinski definition) is 0. The molecule has 0 bridgehead atoms. The van der Waals surface area contributed by atoms with Crippen LogP contribution in [0.1, 0.15) is 34.9 Å². The van der Waals surface area contributed by atoms with Gasteiger partial charge in [0, 0.05) is 30.1 Å². The summed E-state index contributed by atoms with van der Waals surface area (Å²) in [6.45, 7) is 1.24. The van der Waals surface area contributed by atoms with Crippen LogP contribution < -0.4 is 4.74 Å². The van der Waals surface area contributed by atoms with Gasteiger partial charge in [0.05, 0.1) is 17.2 Å². The first-order chi connectivity index (χ1) is 14.0. The highest BCUT2D eigenvalue weighted by Crippen LogP contribution is 2.30. The molecule has 150 valence electrons. The minimum absolute atomic E-state index is 0.0489. The Hall–Kier alpha value is -2.57. The van der Waals surface area contributed by atoms with Crippen LogP contribution in [0.25, 0.3) is 11.5 Å². The Balaban J connectivity index is 1.41. The average Bonchev–Trinajstić information content (AvgIpc) is 3.26. The lowest BCUT2D eigenvalue weighted by Crippen LogP contribution is -2.38. The summed E-state index contributed by atoms with van der Waals surface area (Å²) >= 11 is 12.0. The molecule has 29 heavy (non-hydrogen) atoms. The van der Waals surface area contributed by atoms with E-state index in [1.165, 1.54) is 0 Å². The number of carbonyl (C=O) groups excluding carboxylic acids is 1. The summed E-state index contributed by atoms with van der Waals surface area (Å²) in [5, 5.41) is 4.97. The summed E-state index contributed by atoms with van der Waals surface area (Å²) < 4.78 is 10.7. The lowest BCUT2D eigenvalue weighted by molar-refractivity contribution is 0.0710. The van der Waals surface area contributed by atoms with E-state index in [1.807, 2.05) is 29.2 Å². The highest BCUT2D eigenvalue weighted by atomic mass is 35.5. The number of amides is 1. The van der Waals surface area contributed by atoms with Gasteiger partial charge in [0.2, 0.25) is 0 Å². The summed E-state index contributed by atoms with van der Waals surface area (Å²) in [5.74, 6) is 1.97. The predicted molar refractivity (Wildman–Crippen MR) is 111 cm³/mol. The Morgan fingerprint density at radius 3 is 2.66 bits per heavy atom. The van der Waals surface area contributed by atoms with Gasteiger partial charge >= 0.3 is 0 Å². The van der Waals surface area contributed by atoms with Crippen LogP contribution in [0.4, 0.5) is 0 Å². The molecule has 0 N–H and O–H groups in total. The molecule has 1 aromatic heterocycles. The number of hydrogen-bond acceptors (Lipinski definition) is 5. The zero-order valence-electron chi connectivity index (χ0n) is 15.8. The first-order valence-corrected chi connectivity index (χ1v) is 10.0. The van der Waals surface area contributed by atoms with E-state index in [2.05, 4.69) is 10.1 Å². The third-order valence-electron chi connectivity index (χ3n) is 5.07. The number of likely N-dealkylation sites (tertiary alicyclic amines) is 1. The smallest absolute Gasteiger partial charge is 0.258 e. The molecule has 0 aliphatic carbocycles. The molecule has 1 aliphatic rings. The van der Waals surface area contributed by atoms with Crippen LogP contribution in [-0.2, 0) is 0 Å². The van der Waals surface area contributed by atoms with Gasteiger partial charge < -0.3 is 14.2 Å². The fraction of sp³-hybridized carbons (Fsp3) is 0.286. The van der Waals surface area contributed by atoms with Crippen molar-refractivity contribution in [1.82, 2.24) is 15.0 Å². The molecule has 2 heterocycles. The van der Waals surface area contributed by atoms with Crippen LogP contribution in [-0.4, -0.2) is 41.1 Å². The van der Waals surface area contributed by atoms with E-state index in [0.717, 1.165) is 24.2 Å². The molecule has 0 spiro atoms. The molecule has 0 atom stereocenters. The second-order valence-corrected chi connectivity index (χ2v) is 7.70. The van der Waals surface area contributed by atoms with Crippen LogP contribution in [0.5, 0.6) is 5.75 Å². The lowest BCUT2D eigenvalue weighted by atomic mass is 9.95. The van der Waals surface area contributed by atoms with Crippen molar-refractivity contribution in [2.24, 2.45) is 0 Å². The van der Waals surface area contributed by atoms with E-state index in [9.17, 15) is 4.79 Å². The molecule has 0 unspecified atom stereocenters. The zero-order valence-corrected chi connectivity index (χ0v) is 17.3. The molecule has 2 aromatic carbocycles. The van der Waals surface area contributed by atoms with Gasteiger partial charge in [0.25, 0.3) is 11.8 Å². The topological polar surface area (TPSA) is 68.5 Å². The monoisotopic (exact) mass is 431 g/mol. The molecular formula is C21H19Cl2N3O3. The summed E-state index contributed by atoms with van der Waals surface area (Å²) in [6, 6.07) is 12.4.